The summed E-state index contributed by atoms with van der Waals surface area (Å²) in [5.74, 6) is -0.101. The topological polar surface area (TPSA) is 46.5 Å². The Morgan fingerprint density at radius 1 is 1.16 bits per heavy atom. The Bertz CT molecular complexity index is 745. The van der Waals surface area contributed by atoms with Gasteiger partial charge in [0.1, 0.15) is 11.4 Å². The van der Waals surface area contributed by atoms with Crippen LogP contribution in [0.1, 0.15) is 68.9 Å². The van der Waals surface area contributed by atoms with Crippen LogP contribution in [-0.4, -0.2) is 16.7 Å². The minimum atomic E-state index is -0.911. The number of hydrogen-bond donors (Lipinski definition) is 1. The monoisotopic (exact) mass is 340 g/mol. The quantitative estimate of drug-likeness (QED) is 0.665. The standard InChI is InChI=1S/C22H28O3/c1-15(2)7-6-11-22(5)12-10-18-14-19(21(23)24)13-17(20(18)25-22)9-8-16(3)4/h7-8,10,12-14H,6,9,11H2,1-5H3,(H,23,24)/t22-/m1/s1. The Hall–Kier alpha value is -2.29. The Morgan fingerprint density at radius 3 is 2.44 bits per heavy atom. The summed E-state index contributed by atoms with van der Waals surface area (Å²) in [6.07, 6.45) is 10.9. The van der Waals surface area contributed by atoms with Gasteiger partial charge in [0, 0.05) is 5.56 Å². The van der Waals surface area contributed by atoms with E-state index in [1.54, 1.807) is 12.1 Å². The maximum absolute atomic E-state index is 11.4. The summed E-state index contributed by atoms with van der Waals surface area (Å²) >= 11 is 0. The number of carboxylic acids is 1. The Kier molecular flexibility index (Phi) is 5.89. The molecule has 0 saturated heterocycles. The molecule has 1 aromatic rings. The van der Waals surface area contributed by atoms with Crippen molar-refractivity contribution in [3.05, 3.63) is 58.2 Å². The van der Waals surface area contributed by atoms with Gasteiger partial charge in [-0.15, -0.1) is 0 Å². The molecule has 1 aliphatic heterocycles. The van der Waals surface area contributed by atoms with Gasteiger partial charge in [0.15, 0.2) is 0 Å². The molecule has 1 aromatic carbocycles. The van der Waals surface area contributed by atoms with Crippen LogP contribution in [0.15, 0.2) is 41.5 Å². The lowest BCUT2D eigenvalue weighted by Crippen LogP contribution is -2.32. The molecule has 0 amide bonds. The average molecular weight is 340 g/mol. The Labute approximate surface area is 150 Å². The van der Waals surface area contributed by atoms with Gasteiger partial charge in [-0.2, -0.15) is 0 Å². The van der Waals surface area contributed by atoms with Gasteiger partial charge < -0.3 is 9.84 Å². The van der Waals surface area contributed by atoms with Crippen molar-refractivity contribution in [2.75, 3.05) is 0 Å². The zero-order valence-corrected chi connectivity index (χ0v) is 15.8. The molecule has 1 N–H and O–H groups in total. The van der Waals surface area contributed by atoms with E-state index in [1.165, 1.54) is 11.1 Å². The molecule has 0 unspecified atom stereocenters. The summed E-state index contributed by atoms with van der Waals surface area (Å²) in [4.78, 5) is 11.4. The third-order valence-electron chi connectivity index (χ3n) is 4.32. The summed E-state index contributed by atoms with van der Waals surface area (Å²) in [7, 11) is 0. The van der Waals surface area contributed by atoms with Crippen molar-refractivity contribution in [1.82, 2.24) is 0 Å². The van der Waals surface area contributed by atoms with Crippen molar-refractivity contribution >= 4 is 12.0 Å². The molecule has 0 saturated carbocycles. The fourth-order valence-electron chi connectivity index (χ4n) is 2.87. The zero-order valence-electron chi connectivity index (χ0n) is 15.8. The van der Waals surface area contributed by atoms with Gasteiger partial charge in [0.2, 0.25) is 0 Å². The van der Waals surface area contributed by atoms with Crippen molar-refractivity contribution < 1.29 is 14.6 Å². The lowest BCUT2D eigenvalue weighted by molar-refractivity contribution is 0.0696. The predicted molar refractivity (Wildman–Crippen MR) is 103 cm³/mol. The van der Waals surface area contributed by atoms with Crippen LogP contribution in [0, 0.1) is 0 Å². The molecular weight excluding hydrogens is 312 g/mol. The highest BCUT2D eigenvalue weighted by Crippen LogP contribution is 2.37. The van der Waals surface area contributed by atoms with Crippen LogP contribution in [0.2, 0.25) is 0 Å². The number of fused-ring (bicyclic) bond motifs is 1. The molecule has 0 bridgehead atoms. The maximum Gasteiger partial charge on any atom is 0.335 e. The third-order valence-corrected chi connectivity index (χ3v) is 4.32. The number of ether oxygens (including phenoxy) is 1. The van der Waals surface area contributed by atoms with E-state index in [0.717, 1.165) is 29.7 Å². The van der Waals surface area contributed by atoms with Crippen molar-refractivity contribution in [2.24, 2.45) is 0 Å². The molecule has 0 fully saturated rings. The number of carbonyl (C=O) groups is 1. The minimum Gasteiger partial charge on any atom is -0.483 e. The number of allylic oxidation sites excluding steroid dienone is 4. The second kappa shape index (κ2) is 7.73. The van der Waals surface area contributed by atoms with Crippen molar-refractivity contribution in [3.63, 3.8) is 0 Å². The second-order valence-corrected chi connectivity index (χ2v) is 7.41. The molecule has 25 heavy (non-hydrogen) atoms. The molecule has 1 heterocycles. The van der Waals surface area contributed by atoms with Crippen LogP contribution in [0.4, 0.5) is 0 Å². The summed E-state index contributed by atoms with van der Waals surface area (Å²) < 4.78 is 6.36. The van der Waals surface area contributed by atoms with Gasteiger partial charge in [-0.25, -0.2) is 4.79 Å². The number of hydrogen-bond acceptors (Lipinski definition) is 2. The van der Waals surface area contributed by atoms with E-state index in [0.29, 0.717) is 12.0 Å². The molecule has 0 aromatic heterocycles. The third kappa shape index (κ3) is 5.09. The smallest absolute Gasteiger partial charge is 0.335 e. The first-order valence-corrected chi connectivity index (χ1v) is 8.75. The van der Waals surface area contributed by atoms with Crippen LogP contribution in [0.5, 0.6) is 5.75 Å². The molecule has 0 spiro atoms. The van der Waals surface area contributed by atoms with Crippen LogP contribution in [-0.2, 0) is 6.42 Å². The minimum absolute atomic E-state index is 0.303. The first-order chi connectivity index (χ1) is 11.7. The van der Waals surface area contributed by atoms with Crippen LogP contribution in [0.25, 0.3) is 6.08 Å². The first-order valence-electron chi connectivity index (χ1n) is 8.75. The number of rotatable bonds is 6. The van der Waals surface area contributed by atoms with Crippen molar-refractivity contribution in [2.45, 2.75) is 59.5 Å². The summed E-state index contributed by atoms with van der Waals surface area (Å²) in [5.41, 5.74) is 4.21. The predicted octanol–water partition coefficient (Wildman–Crippen LogP) is 5.80. The molecule has 2 rings (SSSR count). The maximum atomic E-state index is 11.4. The van der Waals surface area contributed by atoms with E-state index < -0.39 is 5.97 Å². The number of aromatic carboxylic acids is 1. The highest BCUT2D eigenvalue weighted by molar-refractivity contribution is 5.89. The van der Waals surface area contributed by atoms with Gasteiger partial charge in [-0.3, -0.25) is 0 Å². The van der Waals surface area contributed by atoms with Crippen LogP contribution >= 0.6 is 0 Å². The second-order valence-electron chi connectivity index (χ2n) is 7.41. The van der Waals surface area contributed by atoms with E-state index in [1.807, 2.05) is 26.0 Å². The Balaban J connectivity index is 2.37. The summed E-state index contributed by atoms with van der Waals surface area (Å²) in [6, 6.07) is 3.42. The summed E-state index contributed by atoms with van der Waals surface area (Å²) in [6.45, 7) is 10.4. The largest absolute Gasteiger partial charge is 0.483 e. The number of carboxylic acid groups (broad SMARTS) is 1. The molecule has 134 valence electrons. The van der Waals surface area contributed by atoms with Gasteiger partial charge >= 0.3 is 5.97 Å². The van der Waals surface area contributed by atoms with Gasteiger partial charge in [0.25, 0.3) is 0 Å². The van der Waals surface area contributed by atoms with Crippen molar-refractivity contribution in [1.29, 1.82) is 0 Å². The molecular formula is C22H28O3. The fourth-order valence-corrected chi connectivity index (χ4v) is 2.87. The van der Waals surface area contributed by atoms with E-state index in [2.05, 4.69) is 32.9 Å². The van der Waals surface area contributed by atoms with E-state index in [9.17, 15) is 9.90 Å². The highest BCUT2D eigenvalue weighted by atomic mass is 16.5. The van der Waals surface area contributed by atoms with Gasteiger partial charge in [-0.1, -0.05) is 29.4 Å². The first kappa shape index (κ1) is 19.0. The molecule has 0 radical (unpaired) electrons. The number of benzene rings is 1. The van der Waals surface area contributed by atoms with Crippen molar-refractivity contribution in [3.8, 4) is 5.75 Å². The molecule has 0 aliphatic carbocycles. The molecule has 1 atom stereocenters. The van der Waals surface area contributed by atoms with Crippen LogP contribution in [0.3, 0.4) is 0 Å². The SMILES string of the molecule is CC(C)=CCC[C@]1(C)C=Cc2cc(C(=O)O)cc(CC=C(C)C)c2O1. The lowest BCUT2D eigenvalue weighted by Gasteiger charge is -2.33. The molecule has 3 nitrogen and oxygen atoms in total. The highest BCUT2D eigenvalue weighted by Gasteiger charge is 2.29. The van der Waals surface area contributed by atoms with E-state index in [-0.39, 0.29) is 5.60 Å². The van der Waals surface area contributed by atoms with Gasteiger partial charge in [-0.05, 0) is 77.7 Å². The van der Waals surface area contributed by atoms with E-state index >= 15 is 0 Å². The lowest BCUT2D eigenvalue weighted by atomic mass is 9.92. The Morgan fingerprint density at radius 2 is 1.84 bits per heavy atom. The van der Waals surface area contributed by atoms with Gasteiger partial charge in [0.05, 0.1) is 5.56 Å². The normalized spacial score (nSPS) is 18.1. The average Bonchev–Trinajstić information content (AvgIpc) is 2.51. The fraction of sp³-hybridized carbons (Fsp3) is 0.409. The summed E-state index contributed by atoms with van der Waals surface area (Å²) in [5, 5.41) is 9.37. The zero-order chi connectivity index (χ0) is 18.6. The van der Waals surface area contributed by atoms with Crippen LogP contribution < -0.4 is 4.74 Å². The molecule has 1 aliphatic rings. The molecule has 3 heteroatoms. The van der Waals surface area contributed by atoms with E-state index in [4.69, 9.17) is 4.74 Å².